The monoisotopic (exact) mass is 532 g/mol. The first kappa shape index (κ1) is 27.0. The van der Waals surface area contributed by atoms with Crippen molar-refractivity contribution in [3.63, 3.8) is 0 Å². The second kappa shape index (κ2) is 11.9. The van der Waals surface area contributed by atoms with E-state index in [1.165, 1.54) is 64.5 Å². The maximum atomic E-state index is 13.9. The fourth-order valence-electron chi connectivity index (χ4n) is 3.46. The van der Waals surface area contributed by atoms with E-state index >= 15 is 0 Å². The van der Waals surface area contributed by atoms with Crippen LogP contribution in [0.5, 0.6) is 23.0 Å². The lowest BCUT2D eigenvalue weighted by atomic mass is 10.2. The molecule has 192 valence electrons. The Morgan fingerprint density at radius 2 is 1.53 bits per heavy atom. The van der Waals surface area contributed by atoms with Crippen molar-refractivity contribution in [3.8, 4) is 23.0 Å². The first-order valence-corrected chi connectivity index (χ1v) is 13.3. The number of amides is 1. The number of carbonyl (C=O) groups excluding carboxylic acids is 1. The molecule has 0 saturated carbocycles. The van der Waals surface area contributed by atoms with Gasteiger partial charge in [0.15, 0.2) is 11.5 Å². The molecule has 0 aliphatic rings. The molecule has 1 N–H and O–H groups in total. The summed E-state index contributed by atoms with van der Waals surface area (Å²) in [6.45, 7) is -0.525. The summed E-state index contributed by atoms with van der Waals surface area (Å²) < 4.78 is 50.1. The molecular weight excluding hydrogens is 504 g/mol. The van der Waals surface area contributed by atoms with Crippen LogP contribution >= 0.6 is 11.8 Å². The normalized spacial score (nSPS) is 10.9. The van der Waals surface area contributed by atoms with Gasteiger partial charge in [0, 0.05) is 17.0 Å². The van der Waals surface area contributed by atoms with E-state index in [1.807, 2.05) is 18.4 Å². The Balaban J connectivity index is 2.11. The fourth-order valence-corrected chi connectivity index (χ4v) is 5.46. The first-order chi connectivity index (χ1) is 17.3. The molecule has 11 heteroatoms. The number of para-hydroxylation sites is 1. The van der Waals surface area contributed by atoms with Gasteiger partial charge in [-0.05, 0) is 42.7 Å². The van der Waals surface area contributed by atoms with Crippen molar-refractivity contribution < 1.29 is 32.2 Å². The van der Waals surface area contributed by atoms with E-state index in [4.69, 9.17) is 18.9 Å². The van der Waals surface area contributed by atoms with Crippen molar-refractivity contribution in [3.05, 3.63) is 60.7 Å². The predicted molar refractivity (Wildman–Crippen MR) is 140 cm³/mol. The number of anilines is 2. The quantitative estimate of drug-likeness (QED) is 0.365. The lowest BCUT2D eigenvalue weighted by Crippen LogP contribution is -2.38. The zero-order chi connectivity index (χ0) is 26.3. The summed E-state index contributed by atoms with van der Waals surface area (Å²) >= 11 is 1.46. The first-order valence-electron chi connectivity index (χ1n) is 10.7. The number of carbonyl (C=O) groups is 1. The zero-order valence-electron chi connectivity index (χ0n) is 20.6. The minimum absolute atomic E-state index is 0.0951. The summed E-state index contributed by atoms with van der Waals surface area (Å²) in [5.74, 6) is 0.705. The highest BCUT2D eigenvalue weighted by atomic mass is 32.2. The number of nitrogens with one attached hydrogen (secondary N) is 1. The lowest BCUT2D eigenvalue weighted by molar-refractivity contribution is -0.114. The van der Waals surface area contributed by atoms with Crippen LogP contribution in [-0.4, -0.2) is 55.6 Å². The van der Waals surface area contributed by atoms with E-state index < -0.39 is 22.5 Å². The summed E-state index contributed by atoms with van der Waals surface area (Å²) in [6.07, 6.45) is 1.89. The van der Waals surface area contributed by atoms with Gasteiger partial charge < -0.3 is 24.3 Å². The molecule has 36 heavy (non-hydrogen) atoms. The zero-order valence-corrected chi connectivity index (χ0v) is 22.2. The number of hydrogen-bond acceptors (Lipinski definition) is 8. The predicted octanol–water partition coefficient (Wildman–Crippen LogP) is 4.28. The van der Waals surface area contributed by atoms with Gasteiger partial charge in [-0.25, -0.2) is 8.42 Å². The van der Waals surface area contributed by atoms with Crippen LogP contribution in [0.4, 0.5) is 11.4 Å². The summed E-state index contributed by atoms with van der Waals surface area (Å²) in [6, 6.07) is 16.2. The molecule has 0 unspecified atom stereocenters. The molecule has 3 aromatic carbocycles. The average Bonchev–Trinajstić information content (AvgIpc) is 2.91. The molecule has 0 aromatic heterocycles. The summed E-state index contributed by atoms with van der Waals surface area (Å²) in [4.78, 5) is 13.9. The minimum Gasteiger partial charge on any atom is -0.497 e. The molecule has 0 aliphatic heterocycles. The van der Waals surface area contributed by atoms with Gasteiger partial charge in [0.25, 0.3) is 10.0 Å². The van der Waals surface area contributed by atoms with E-state index in [1.54, 1.807) is 24.3 Å². The van der Waals surface area contributed by atoms with Gasteiger partial charge in [0.05, 0.1) is 44.7 Å². The highest BCUT2D eigenvalue weighted by Crippen LogP contribution is 2.37. The van der Waals surface area contributed by atoms with Crippen molar-refractivity contribution in [2.24, 2.45) is 0 Å². The highest BCUT2D eigenvalue weighted by Gasteiger charge is 2.31. The molecule has 1 amide bonds. The van der Waals surface area contributed by atoms with Crippen LogP contribution in [0.15, 0.2) is 70.5 Å². The number of rotatable bonds is 11. The standard InChI is InChI=1S/C25H28N2O7S2/c1-31-17-10-12-21(32-2)20(14-17)27(16-25(28)26-19-8-6-7-9-24(19)35-5)36(29,30)18-11-13-22(33-3)23(15-18)34-4/h6-15H,16H2,1-5H3,(H,26,28). The van der Waals surface area contributed by atoms with Crippen molar-refractivity contribution in [2.45, 2.75) is 9.79 Å². The van der Waals surface area contributed by atoms with Gasteiger partial charge >= 0.3 is 0 Å². The van der Waals surface area contributed by atoms with Crippen LogP contribution in [0.25, 0.3) is 0 Å². The third kappa shape index (κ3) is 5.80. The summed E-state index contributed by atoms with van der Waals surface area (Å²) in [5, 5.41) is 2.81. The smallest absolute Gasteiger partial charge is 0.265 e. The number of methoxy groups -OCH3 is 4. The number of thioether (sulfide) groups is 1. The molecule has 0 radical (unpaired) electrons. The number of benzene rings is 3. The van der Waals surface area contributed by atoms with Crippen molar-refractivity contribution in [1.82, 2.24) is 0 Å². The Morgan fingerprint density at radius 3 is 2.17 bits per heavy atom. The third-order valence-electron chi connectivity index (χ3n) is 5.27. The molecule has 0 saturated heterocycles. The molecule has 0 bridgehead atoms. The van der Waals surface area contributed by atoms with Crippen LogP contribution in [0, 0.1) is 0 Å². The maximum Gasteiger partial charge on any atom is 0.265 e. The molecule has 0 spiro atoms. The molecule has 0 heterocycles. The van der Waals surface area contributed by atoms with Gasteiger partial charge in [-0.1, -0.05) is 12.1 Å². The molecule has 0 atom stereocenters. The Hall–Kier alpha value is -3.57. The molecule has 0 fully saturated rings. The number of sulfonamides is 1. The maximum absolute atomic E-state index is 13.9. The van der Waals surface area contributed by atoms with Gasteiger partial charge in [-0.15, -0.1) is 11.8 Å². The number of hydrogen-bond donors (Lipinski definition) is 1. The van der Waals surface area contributed by atoms with Gasteiger partial charge in [-0.2, -0.15) is 0 Å². The fraction of sp³-hybridized carbons (Fsp3) is 0.240. The van der Waals surface area contributed by atoms with E-state index in [0.717, 1.165) is 9.20 Å². The van der Waals surface area contributed by atoms with Crippen LogP contribution < -0.4 is 28.6 Å². The molecule has 9 nitrogen and oxygen atoms in total. The highest BCUT2D eigenvalue weighted by molar-refractivity contribution is 7.98. The molecule has 3 rings (SSSR count). The second-order valence-corrected chi connectivity index (χ2v) is 10.0. The Kier molecular flexibility index (Phi) is 8.94. The van der Waals surface area contributed by atoms with Crippen LogP contribution in [0.1, 0.15) is 0 Å². The Bertz CT molecular complexity index is 1330. The topological polar surface area (TPSA) is 103 Å². The van der Waals surface area contributed by atoms with Gasteiger partial charge in [-0.3, -0.25) is 9.10 Å². The van der Waals surface area contributed by atoms with E-state index in [9.17, 15) is 13.2 Å². The van der Waals surface area contributed by atoms with Crippen LogP contribution in [0.3, 0.4) is 0 Å². The Morgan fingerprint density at radius 1 is 0.861 bits per heavy atom. The molecule has 0 aliphatic carbocycles. The molecule has 3 aromatic rings. The van der Waals surface area contributed by atoms with Gasteiger partial charge in [0.2, 0.25) is 5.91 Å². The largest absolute Gasteiger partial charge is 0.497 e. The Labute approximate surface area is 215 Å². The van der Waals surface area contributed by atoms with E-state index in [0.29, 0.717) is 17.2 Å². The SMILES string of the molecule is COc1ccc(OC)c(N(CC(=O)Nc2ccccc2SC)S(=O)(=O)c2ccc(OC)c(OC)c2)c1. The average molecular weight is 533 g/mol. The van der Waals surface area contributed by atoms with Crippen molar-refractivity contribution in [1.29, 1.82) is 0 Å². The lowest BCUT2D eigenvalue weighted by Gasteiger charge is -2.26. The summed E-state index contributed by atoms with van der Waals surface area (Å²) in [7, 11) is 1.47. The van der Waals surface area contributed by atoms with Crippen LogP contribution in [-0.2, 0) is 14.8 Å². The van der Waals surface area contributed by atoms with Crippen molar-refractivity contribution >= 4 is 39.1 Å². The van der Waals surface area contributed by atoms with Crippen LogP contribution in [0.2, 0.25) is 0 Å². The van der Waals surface area contributed by atoms with Crippen molar-refractivity contribution in [2.75, 3.05) is 50.9 Å². The van der Waals surface area contributed by atoms with E-state index in [2.05, 4.69) is 5.32 Å². The summed E-state index contributed by atoms with van der Waals surface area (Å²) in [5.41, 5.74) is 0.719. The second-order valence-electron chi connectivity index (χ2n) is 7.31. The minimum atomic E-state index is -4.28. The molecular formula is C25H28N2O7S2. The number of nitrogens with zero attached hydrogens (tertiary/aromatic N) is 1. The van der Waals surface area contributed by atoms with Gasteiger partial charge in [0.1, 0.15) is 18.0 Å². The third-order valence-corrected chi connectivity index (χ3v) is 7.82. The number of ether oxygens (including phenoxy) is 4. The van der Waals surface area contributed by atoms with E-state index in [-0.39, 0.29) is 22.1 Å².